The lowest BCUT2D eigenvalue weighted by atomic mass is 9.97. The highest BCUT2D eigenvalue weighted by Crippen LogP contribution is 2.34. The second kappa shape index (κ2) is 4.78. The van der Waals surface area contributed by atoms with Gasteiger partial charge in [0.2, 0.25) is 0 Å². The number of carbonyl (C=O) groups excluding carboxylic acids is 1. The van der Waals surface area contributed by atoms with Gasteiger partial charge < -0.3 is 10.1 Å². The number of ether oxygens (including phenoxy) is 1. The zero-order valence-corrected chi connectivity index (χ0v) is 10.5. The van der Waals surface area contributed by atoms with E-state index in [2.05, 4.69) is 11.4 Å². The zero-order valence-electron chi connectivity index (χ0n) is 10.5. The number of nitrogens with one attached hydrogen (secondary N) is 1. The van der Waals surface area contributed by atoms with E-state index in [9.17, 15) is 4.79 Å². The smallest absolute Gasteiger partial charge is 0.331 e. The van der Waals surface area contributed by atoms with Crippen LogP contribution in [0.3, 0.4) is 0 Å². The Morgan fingerprint density at radius 1 is 1.35 bits per heavy atom. The molecule has 1 saturated carbocycles. The van der Waals surface area contributed by atoms with E-state index < -0.39 is 5.54 Å². The van der Waals surface area contributed by atoms with Crippen LogP contribution >= 0.6 is 0 Å². The van der Waals surface area contributed by atoms with Crippen LogP contribution in [0.5, 0.6) is 0 Å². The molecule has 1 aromatic rings. The van der Waals surface area contributed by atoms with Gasteiger partial charge in [-0.25, -0.2) is 4.79 Å². The van der Waals surface area contributed by atoms with Crippen LogP contribution in [0.4, 0.5) is 5.69 Å². The topological polar surface area (TPSA) is 38.3 Å². The summed E-state index contributed by atoms with van der Waals surface area (Å²) in [4.78, 5) is 11.9. The van der Waals surface area contributed by atoms with Crippen LogP contribution in [0, 0.1) is 6.92 Å². The van der Waals surface area contributed by atoms with Crippen molar-refractivity contribution in [3.63, 3.8) is 0 Å². The summed E-state index contributed by atoms with van der Waals surface area (Å²) >= 11 is 0. The lowest BCUT2D eigenvalue weighted by Gasteiger charge is -2.28. The first-order valence-electron chi connectivity index (χ1n) is 6.09. The Kier molecular flexibility index (Phi) is 3.36. The maximum atomic E-state index is 11.9. The summed E-state index contributed by atoms with van der Waals surface area (Å²) in [7, 11) is 1.46. The van der Waals surface area contributed by atoms with Crippen LogP contribution in [0.2, 0.25) is 0 Å². The maximum Gasteiger partial charge on any atom is 0.331 e. The molecular formula is C14H19NO2. The summed E-state index contributed by atoms with van der Waals surface area (Å²) in [6.45, 7) is 2.05. The van der Waals surface area contributed by atoms with Crippen molar-refractivity contribution < 1.29 is 9.53 Å². The summed E-state index contributed by atoms with van der Waals surface area (Å²) < 4.78 is 4.94. The standard InChI is InChI=1S/C14H19NO2/c1-11-6-5-7-12(10-11)15-14(13(16)17-2)8-3-4-9-14/h5-7,10,15H,3-4,8-9H2,1-2H3. The van der Waals surface area contributed by atoms with Crippen LogP contribution in [0.1, 0.15) is 31.2 Å². The quantitative estimate of drug-likeness (QED) is 0.816. The lowest BCUT2D eigenvalue weighted by Crippen LogP contribution is -2.44. The zero-order chi connectivity index (χ0) is 12.3. The fourth-order valence-electron chi connectivity index (χ4n) is 2.55. The van der Waals surface area contributed by atoms with Crippen molar-refractivity contribution in [3.05, 3.63) is 29.8 Å². The Labute approximate surface area is 102 Å². The number of methoxy groups -OCH3 is 1. The number of rotatable bonds is 3. The minimum Gasteiger partial charge on any atom is -0.467 e. The van der Waals surface area contributed by atoms with E-state index in [1.165, 1.54) is 12.7 Å². The fourth-order valence-corrected chi connectivity index (χ4v) is 2.55. The average molecular weight is 233 g/mol. The van der Waals surface area contributed by atoms with Crippen LogP contribution in [-0.4, -0.2) is 18.6 Å². The predicted octanol–water partition coefficient (Wildman–Crippen LogP) is 2.89. The van der Waals surface area contributed by atoms with Gasteiger partial charge in [-0.15, -0.1) is 0 Å². The highest BCUT2D eigenvalue weighted by atomic mass is 16.5. The maximum absolute atomic E-state index is 11.9. The van der Waals surface area contributed by atoms with Gasteiger partial charge in [0.15, 0.2) is 0 Å². The predicted molar refractivity (Wildman–Crippen MR) is 68.0 cm³/mol. The van der Waals surface area contributed by atoms with Crippen molar-refractivity contribution in [2.24, 2.45) is 0 Å². The molecule has 92 valence electrons. The minimum absolute atomic E-state index is 0.142. The van der Waals surface area contributed by atoms with Gasteiger partial charge in [-0.3, -0.25) is 0 Å². The van der Waals surface area contributed by atoms with E-state index in [0.29, 0.717) is 0 Å². The molecule has 2 rings (SSSR count). The molecule has 1 fully saturated rings. The van der Waals surface area contributed by atoms with Gasteiger partial charge in [0, 0.05) is 5.69 Å². The number of hydrogen-bond donors (Lipinski definition) is 1. The third kappa shape index (κ3) is 2.43. The van der Waals surface area contributed by atoms with E-state index in [1.807, 2.05) is 25.1 Å². The molecule has 0 bridgehead atoms. The number of carbonyl (C=O) groups is 1. The van der Waals surface area contributed by atoms with Crippen molar-refractivity contribution in [2.45, 2.75) is 38.1 Å². The largest absolute Gasteiger partial charge is 0.467 e. The van der Waals surface area contributed by atoms with Crippen molar-refractivity contribution in [2.75, 3.05) is 12.4 Å². The highest BCUT2D eigenvalue weighted by Gasteiger charge is 2.42. The molecule has 0 amide bonds. The number of anilines is 1. The van der Waals surface area contributed by atoms with Gasteiger partial charge in [-0.2, -0.15) is 0 Å². The Balaban J connectivity index is 2.21. The summed E-state index contributed by atoms with van der Waals surface area (Å²) in [5, 5.41) is 3.37. The molecule has 0 radical (unpaired) electrons. The van der Waals surface area contributed by atoms with E-state index in [0.717, 1.165) is 31.4 Å². The van der Waals surface area contributed by atoms with E-state index >= 15 is 0 Å². The van der Waals surface area contributed by atoms with E-state index in [1.54, 1.807) is 0 Å². The molecule has 3 nitrogen and oxygen atoms in total. The molecular weight excluding hydrogens is 214 g/mol. The molecule has 0 atom stereocenters. The van der Waals surface area contributed by atoms with Crippen molar-refractivity contribution in [1.82, 2.24) is 0 Å². The van der Waals surface area contributed by atoms with Crippen molar-refractivity contribution in [3.8, 4) is 0 Å². The van der Waals surface area contributed by atoms with Crippen LogP contribution in [0.15, 0.2) is 24.3 Å². The summed E-state index contributed by atoms with van der Waals surface area (Å²) in [6.07, 6.45) is 3.86. The second-order valence-corrected chi connectivity index (χ2v) is 4.78. The van der Waals surface area contributed by atoms with E-state index in [4.69, 9.17) is 4.74 Å². The Morgan fingerprint density at radius 2 is 2.06 bits per heavy atom. The molecule has 3 heteroatoms. The van der Waals surface area contributed by atoms with Gasteiger partial charge >= 0.3 is 5.97 Å². The number of benzene rings is 1. The summed E-state index contributed by atoms with van der Waals surface area (Å²) in [5.74, 6) is -0.142. The second-order valence-electron chi connectivity index (χ2n) is 4.78. The van der Waals surface area contributed by atoms with Crippen molar-refractivity contribution >= 4 is 11.7 Å². The molecule has 0 aliphatic heterocycles. The SMILES string of the molecule is COC(=O)C1(Nc2cccc(C)c2)CCCC1. The lowest BCUT2D eigenvalue weighted by molar-refractivity contribution is -0.145. The van der Waals surface area contributed by atoms with Gasteiger partial charge in [-0.05, 0) is 37.5 Å². The van der Waals surface area contributed by atoms with Crippen LogP contribution < -0.4 is 5.32 Å². The van der Waals surface area contributed by atoms with Crippen LogP contribution in [-0.2, 0) is 9.53 Å². The molecule has 1 aromatic carbocycles. The van der Waals surface area contributed by atoms with Crippen molar-refractivity contribution in [1.29, 1.82) is 0 Å². The highest BCUT2D eigenvalue weighted by molar-refractivity contribution is 5.85. The molecule has 17 heavy (non-hydrogen) atoms. The first-order chi connectivity index (χ1) is 8.16. The molecule has 1 N–H and O–H groups in total. The normalized spacial score (nSPS) is 17.8. The average Bonchev–Trinajstić information content (AvgIpc) is 2.78. The summed E-state index contributed by atoms with van der Waals surface area (Å²) in [6, 6.07) is 8.10. The monoisotopic (exact) mass is 233 g/mol. The third-order valence-corrected chi connectivity index (χ3v) is 3.43. The minimum atomic E-state index is -0.511. The molecule has 0 spiro atoms. The number of esters is 1. The third-order valence-electron chi connectivity index (χ3n) is 3.43. The fraction of sp³-hybridized carbons (Fsp3) is 0.500. The molecule has 0 aromatic heterocycles. The van der Waals surface area contributed by atoms with Gasteiger partial charge in [0.25, 0.3) is 0 Å². The molecule has 1 aliphatic carbocycles. The Morgan fingerprint density at radius 3 is 2.65 bits per heavy atom. The molecule has 0 heterocycles. The molecule has 0 unspecified atom stereocenters. The first kappa shape index (κ1) is 12.0. The summed E-state index contributed by atoms with van der Waals surface area (Å²) in [5.41, 5.74) is 1.67. The van der Waals surface area contributed by atoms with Gasteiger partial charge in [-0.1, -0.05) is 25.0 Å². The first-order valence-corrected chi connectivity index (χ1v) is 6.09. The van der Waals surface area contributed by atoms with Gasteiger partial charge in [0.1, 0.15) is 5.54 Å². The van der Waals surface area contributed by atoms with Crippen LogP contribution in [0.25, 0.3) is 0 Å². The Bertz CT molecular complexity index is 408. The molecule has 1 aliphatic rings. The Hall–Kier alpha value is -1.51. The number of aryl methyl sites for hydroxylation is 1. The van der Waals surface area contributed by atoms with Gasteiger partial charge in [0.05, 0.1) is 7.11 Å². The van der Waals surface area contributed by atoms with E-state index in [-0.39, 0.29) is 5.97 Å². The number of hydrogen-bond acceptors (Lipinski definition) is 3. The molecule has 0 saturated heterocycles.